The van der Waals surface area contributed by atoms with Crippen LogP contribution in [-0.2, 0) is 34.7 Å². The SMILES string of the molecule is COC1=C[C@@H]2[C@@H]3[C@H](Sc4ccc(Cl)cc4)c4ccc(C)c(OC(C)=O)c4[C@]2(CCN3C)CC1=O.COC1=C[C@@H]2[C@@H]3[C@H](Sc4ccc(Cl)cc4)c4ccc(O)c(O)c4[C@]2(CCN3C)CC1=O. The Balaban J connectivity index is 0.000000165. The van der Waals surface area contributed by atoms with Crippen LogP contribution in [0.25, 0.3) is 0 Å². The van der Waals surface area contributed by atoms with Gasteiger partial charge in [-0.15, -0.1) is 23.5 Å². The molecular formula is C51H52Cl2N2O8S2. The molecule has 0 spiro atoms. The topological polar surface area (TPSA) is 126 Å². The van der Waals surface area contributed by atoms with E-state index >= 15 is 0 Å². The fraction of sp³-hybridized carbons (Fsp3) is 0.392. The summed E-state index contributed by atoms with van der Waals surface area (Å²) in [5.41, 5.74) is 3.77. The van der Waals surface area contributed by atoms with Gasteiger partial charge in [0, 0.05) is 85.5 Å². The number of aromatic hydroxyl groups is 2. The summed E-state index contributed by atoms with van der Waals surface area (Å²) in [6.07, 6.45) is 6.15. The number of likely N-dealkylation sites (tertiary alicyclic amines) is 2. The molecule has 340 valence electrons. The van der Waals surface area contributed by atoms with Crippen LogP contribution in [0.5, 0.6) is 17.2 Å². The van der Waals surface area contributed by atoms with E-state index in [-0.39, 0.29) is 69.9 Å². The fourth-order valence-corrected chi connectivity index (χ4v) is 14.9. The molecule has 6 aliphatic rings. The molecule has 0 saturated carbocycles. The molecular weight excluding hydrogens is 904 g/mol. The summed E-state index contributed by atoms with van der Waals surface area (Å²) in [5, 5.41) is 22.9. The van der Waals surface area contributed by atoms with Crippen LogP contribution in [0.3, 0.4) is 0 Å². The van der Waals surface area contributed by atoms with Crippen LogP contribution in [0, 0.1) is 18.8 Å². The van der Waals surface area contributed by atoms with E-state index in [0.29, 0.717) is 39.3 Å². The average Bonchev–Trinajstić information content (AvgIpc) is 3.27. The number of allylic oxidation sites excluding steroid dienone is 2. The number of aryl methyl sites for hydroxylation is 1. The van der Waals surface area contributed by atoms with Gasteiger partial charge in [-0.3, -0.25) is 14.4 Å². The van der Waals surface area contributed by atoms with Gasteiger partial charge >= 0.3 is 5.97 Å². The largest absolute Gasteiger partial charge is 0.504 e. The number of Topliss-reactive ketones (excluding diaryl/α,β-unsaturated/α-hetero) is 2. The van der Waals surface area contributed by atoms with E-state index in [2.05, 4.69) is 30.0 Å². The number of carbonyl (C=O) groups excluding carboxylic acids is 3. The minimum absolute atomic E-state index is 0.00587. The number of hydrogen-bond acceptors (Lipinski definition) is 12. The number of ketones is 2. The number of likely N-dealkylation sites (N-methyl/N-ethyl adjacent to an activating group) is 2. The van der Waals surface area contributed by atoms with Gasteiger partial charge in [-0.25, -0.2) is 0 Å². The number of nitrogens with zero attached hydrogens (tertiary/aromatic N) is 2. The number of piperidine rings is 2. The van der Waals surface area contributed by atoms with Gasteiger partial charge in [-0.2, -0.15) is 0 Å². The molecule has 2 heterocycles. The predicted octanol–water partition coefficient (Wildman–Crippen LogP) is 10.1. The van der Waals surface area contributed by atoms with Gasteiger partial charge in [0.2, 0.25) is 0 Å². The second kappa shape index (κ2) is 17.7. The van der Waals surface area contributed by atoms with E-state index in [9.17, 15) is 24.6 Å². The molecule has 65 heavy (non-hydrogen) atoms. The molecule has 0 radical (unpaired) electrons. The zero-order chi connectivity index (χ0) is 46.1. The molecule has 2 fully saturated rings. The highest BCUT2D eigenvalue weighted by Crippen LogP contribution is 2.65. The monoisotopic (exact) mass is 954 g/mol. The molecule has 4 aromatic rings. The number of esters is 1. The second-order valence-electron chi connectivity index (χ2n) is 18.1. The van der Waals surface area contributed by atoms with Gasteiger partial charge in [0.15, 0.2) is 34.6 Å². The van der Waals surface area contributed by atoms with Gasteiger partial charge in [0.25, 0.3) is 0 Å². The zero-order valence-electron chi connectivity index (χ0n) is 37.1. The van der Waals surface area contributed by atoms with Crippen LogP contribution in [0.2, 0.25) is 10.0 Å². The quantitative estimate of drug-likeness (QED) is 0.104. The van der Waals surface area contributed by atoms with Crippen LogP contribution >= 0.6 is 46.7 Å². The lowest BCUT2D eigenvalue weighted by Gasteiger charge is -2.59. The molecule has 4 bridgehead atoms. The van der Waals surface area contributed by atoms with Crippen molar-refractivity contribution in [3.8, 4) is 17.2 Å². The molecule has 0 unspecified atom stereocenters. The van der Waals surface area contributed by atoms with E-state index < -0.39 is 10.8 Å². The van der Waals surface area contributed by atoms with Crippen LogP contribution in [0.4, 0.5) is 0 Å². The molecule has 2 N–H and O–H groups in total. The van der Waals surface area contributed by atoms with Crippen LogP contribution in [-0.4, -0.2) is 91.0 Å². The first kappa shape index (κ1) is 45.7. The highest BCUT2D eigenvalue weighted by Gasteiger charge is 2.61. The first-order valence-corrected chi connectivity index (χ1v) is 24.3. The average molecular weight is 956 g/mol. The molecule has 4 aromatic carbocycles. The number of methoxy groups -OCH3 is 2. The maximum Gasteiger partial charge on any atom is 0.308 e. The summed E-state index contributed by atoms with van der Waals surface area (Å²) < 4.78 is 16.8. The van der Waals surface area contributed by atoms with E-state index in [0.717, 1.165) is 58.0 Å². The van der Waals surface area contributed by atoms with E-state index in [4.69, 9.17) is 37.4 Å². The van der Waals surface area contributed by atoms with Gasteiger partial charge < -0.3 is 34.2 Å². The number of ether oxygens (including phenoxy) is 3. The Bertz CT molecular complexity index is 2640. The number of carbonyl (C=O) groups is 3. The van der Waals surface area contributed by atoms with Gasteiger partial charge in [-0.1, -0.05) is 41.4 Å². The van der Waals surface area contributed by atoms with Gasteiger partial charge in [-0.05, 0) is 130 Å². The Morgan fingerprint density at radius 3 is 1.60 bits per heavy atom. The maximum absolute atomic E-state index is 13.2. The van der Waals surface area contributed by atoms with Crippen molar-refractivity contribution in [3.05, 3.63) is 134 Å². The highest BCUT2D eigenvalue weighted by molar-refractivity contribution is 7.99. The lowest BCUT2D eigenvalue weighted by molar-refractivity contribution is -0.132. The lowest BCUT2D eigenvalue weighted by Crippen LogP contribution is -2.61. The molecule has 2 aliphatic heterocycles. The molecule has 2 saturated heterocycles. The smallest absolute Gasteiger partial charge is 0.308 e. The van der Waals surface area contributed by atoms with Crippen LogP contribution in [0.15, 0.2) is 106 Å². The Morgan fingerprint density at radius 2 is 1.14 bits per heavy atom. The number of phenols is 2. The van der Waals surface area contributed by atoms with Crippen molar-refractivity contribution in [2.75, 3.05) is 41.4 Å². The number of hydrogen-bond donors (Lipinski definition) is 2. The standard InChI is InChI=1S/C27H28ClNO4S.C24H24ClNO4S/c1-15-5-10-19-23(25(15)33-16(2)30)27-11-12-29(3)24(20(27)13-22(32-4)21(31)14-27)26(19)34-18-8-6-17(28)7-9-18;1-26-10-9-24-12-18(28)19(30-2)11-16(24)21(26)23(31-14-5-3-13(25)4-6-14)15-7-8-17(27)22(29)20(15)24/h5-10,13,20,24,26H,11-12,14H2,1-4H3;3-8,11,16,21,23,27,29H,9-10,12H2,1-2H3/t20-,24-,26-,27-;16-,21-,23-,24-/m11/s1. The van der Waals surface area contributed by atoms with Crippen molar-refractivity contribution in [2.45, 2.75) is 82.7 Å². The first-order valence-electron chi connectivity index (χ1n) is 21.8. The summed E-state index contributed by atoms with van der Waals surface area (Å²) >= 11 is 15.7. The van der Waals surface area contributed by atoms with Crippen molar-refractivity contribution in [2.24, 2.45) is 11.8 Å². The molecule has 10 nitrogen and oxygen atoms in total. The molecule has 8 atom stereocenters. The van der Waals surface area contributed by atoms with Crippen molar-refractivity contribution < 1.29 is 38.8 Å². The molecule has 10 rings (SSSR count). The normalized spacial score (nSPS) is 28.8. The van der Waals surface area contributed by atoms with E-state index in [1.165, 1.54) is 14.0 Å². The first-order chi connectivity index (χ1) is 31.1. The third kappa shape index (κ3) is 7.75. The number of fused-ring (bicyclic) bond motifs is 2. The van der Waals surface area contributed by atoms with Crippen molar-refractivity contribution in [1.82, 2.24) is 9.80 Å². The third-order valence-corrected chi connectivity index (χ3v) is 17.8. The predicted molar refractivity (Wildman–Crippen MR) is 254 cm³/mol. The summed E-state index contributed by atoms with van der Waals surface area (Å²) in [5.74, 6) is 0.810. The molecule has 4 aliphatic carbocycles. The summed E-state index contributed by atoms with van der Waals surface area (Å²) in [6, 6.07) is 23.5. The minimum atomic E-state index is -0.550. The number of benzene rings is 4. The summed E-state index contributed by atoms with van der Waals surface area (Å²) in [6.45, 7) is 5.06. The minimum Gasteiger partial charge on any atom is -0.504 e. The van der Waals surface area contributed by atoms with Crippen molar-refractivity contribution in [1.29, 1.82) is 0 Å². The Morgan fingerprint density at radius 1 is 0.692 bits per heavy atom. The Kier molecular flexibility index (Phi) is 12.4. The molecule has 0 amide bonds. The maximum atomic E-state index is 13.2. The number of phenolic OH excluding ortho intramolecular Hbond substituents is 2. The number of halogens is 2. The van der Waals surface area contributed by atoms with Crippen molar-refractivity contribution >= 4 is 64.3 Å². The lowest BCUT2D eigenvalue weighted by atomic mass is 9.53. The summed E-state index contributed by atoms with van der Waals surface area (Å²) in [7, 11) is 7.37. The Labute approximate surface area is 398 Å². The number of rotatable bonds is 7. The van der Waals surface area contributed by atoms with Gasteiger partial charge in [0.1, 0.15) is 5.75 Å². The third-order valence-electron chi connectivity index (χ3n) is 14.7. The fourth-order valence-electron chi connectivity index (χ4n) is 11.8. The molecule has 0 aromatic heterocycles. The molecule has 14 heteroatoms. The zero-order valence-corrected chi connectivity index (χ0v) is 40.2. The summed E-state index contributed by atoms with van der Waals surface area (Å²) in [4.78, 5) is 45.2. The Hall–Kier alpha value is -4.43. The number of thioether (sulfide) groups is 2. The highest BCUT2D eigenvalue weighted by atomic mass is 35.5. The van der Waals surface area contributed by atoms with Gasteiger partial charge in [0.05, 0.1) is 24.7 Å². The second-order valence-corrected chi connectivity index (χ2v) is 21.4. The van der Waals surface area contributed by atoms with E-state index in [1.807, 2.05) is 79.7 Å². The van der Waals surface area contributed by atoms with E-state index in [1.54, 1.807) is 36.7 Å². The van der Waals surface area contributed by atoms with Crippen molar-refractivity contribution in [3.63, 3.8) is 0 Å². The van der Waals surface area contributed by atoms with Crippen LogP contribution < -0.4 is 4.74 Å². The van der Waals surface area contributed by atoms with Crippen LogP contribution in [0.1, 0.15) is 70.9 Å².